The van der Waals surface area contributed by atoms with Gasteiger partial charge in [0, 0.05) is 23.9 Å². The molecule has 0 atom stereocenters. The smallest absolute Gasteiger partial charge is 0.450 e. The number of carboxylic acid groups (broad SMARTS) is 1. The summed E-state index contributed by atoms with van der Waals surface area (Å²) in [4.78, 5) is 10.2. The Kier molecular flexibility index (Phi) is 4.93. The highest BCUT2D eigenvalue weighted by Gasteiger charge is 2.09. The Morgan fingerprint density at radius 2 is 2.00 bits per heavy atom. The second-order valence-corrected chi connectivity index (χ2v) is 4.88. The van der Waals surface area contributed by atoms with Crippen LogP contribution in [-0.2, 0) is 11.3 Å². The summed E-state index contributed by atoms with van der Waals surface area (Å²) < 4.78 is 6.74. The Morgan fingerprint density at radius 1 is 1.20 bits per heavy atom. The second-order valence-electron chi connectivity index (χ2n) is 4.88. The van der Waals surface area contributed by atoms with E-state index in [0.717, 1.165) is 25.8 Å². The molecule has 4 nitrogen and oxygen atoms in total. The van der Waals surface area contributed by atoms with Crippen LogP contribution in [-0.4, -0.2) is 17.9 Å². The average molecular weight is 274 g/mol. The Bertz CT molecular complexity index is 595. The maximum atomic E-state index is 10.2. The normalized spacial score (nSPS) is 10.7. The summed E-state index contributed by atoms with van der Waals surface area (Å²) in [6.07, 6.45) is 3.68. The van der Waals surface area contributed by atoms with Crippen LogP contribution in [0.2, 0.25) is 0 Å². The molecule has 0 saturated carbocycles. The van der Waals surface area contributed by atoms with Crippen molar-refractivity contribution in [3.63, 3.8) is 0 Å². The summed E-state index contributed by atoms with van der Waals surface area (Å²) in [5, 5.41) is 9.65. The van der Waals surface area contributed by atoms with Gasteiger partial charge in [0.25, 0.3) is 0 Å². The molecule has 2 aromatic rings. The fraction of sp³-hybridized carbons (Fsp3) is 0.375. The third-order valence-electron chi connectivity index (χ3n) is 3.41. The predicted octanol–water partition coefficient (Wildman–Crippen LogP) is 3.30. The van der Waals surface area contributed by atoms with Gasteiger partial charge < -0.3 is 9.84 Å². The lowest BCUT2D eigenvalue weighted by Crippen LogP contribution is -2.34. The van der Waals surface area contributed by atoms with Crippen molar-refractivity contribution >= 4 is 17.1 Å². The van der Waals surface area contributed by atoms with E-state index in [4.69, 9.17) is 5.11 Å². The van der Waals surface area contributed by atoms with Crippen LogP contribution < -0.4 is 4.57 Å². The summed E-state index contributed by atoms with van der Waals surface area (Å²) >= 11 is 0. The predicted molar refractivity (Wildman–Crippen MR) is 76.7 cm³/mol. The molecule has 1 aromatic heterocycles. The Balaban J connectivity index is 1.90. The average Bonchev–Trinajstić information content (AvgIpc) is 2.45. The molecule has 0 saturated heterocycles. The van der Waals surface area contributed by atoms with Crippen molar-refractivity contribution in [1.29, 1.82) is 0 Å². The van der Waals surface area contributed by atoms with Crippen molar-refractivity contribution in [2.75, 3.05) is 6.61 Å². The molecular formula is C16H20NO3+. The van der Waals surface area contributed by atoms with Crippen molar-refractivity contribution in [3.8, 4) is 0 Å². The van der Waals surface area contributed by atoms with Gasteiger partial charge in [0.1, 0.15) is 6.54 Å². The number of rotatable bonds is 6. The van der Waals surface area contributed by atoms with E-state index in [1.54, 1.807) is 0 Å². The van der Waals surface area contributed by atoms with Gasteiger partial charge in [-0.05, 0) is 31.4 Å². The van der Waals surface area contributed by atoms with Crippen LogP contribution in [0.5, 0.6) is 0 Å². The third kappa shape index (κ3) is 3.70. The van der Waals surface area contributed by atoms with E-state index in [1.807, 2.05) is 0 Å². The number of benzene rings is 1. The Hall–Kier alpha value is -2.10. The molecule has 0 unspecified atom stereocenters. The van der Waals surface area contributed by atoms with Crippen molar-refractivity contribution in [3.05, 3.63) is 42.1 Å². The molecule has 4 heteroatoms. The fourth-order valence-corrected chi connectivity index (χ4v) is 2.34. The number of pyridine rings is 1. The van der Waals surface area contributed by atoms with Crippen molar-refractivity contribution < 1.29 is 19.2 Å². The minimum atomic E-state index is -1.19. The van der Waals surface area contributed by atoms with Crippen LogP contribution in [0.15, 0.2) is 36.5 Å². The monoisotopic (exact) mass is 274 g/mol. The number of ether oxygens (including phenoxy) is 1. The number of aryl methyl sites for hydroxylation is 2. The third-order valence-corrected chi connectivity index (χ3v) is 3.41. The summed E-state index contributed by atoms with van der Waals surface area (Å²) in [5.41, 5.74) is 2.53. The van der Waals surface area contributed by atoms with E-state index in [-0.39, 0.29) is 6.61 Å². The van der Waals surface area contributed by atoms with Crippen molar-refractivity contribution in [2.24, 2.45) is 0 Å². The maximum absolute atomic E-state index is 10.2. The quantitative estimate of drug-likeness (QED) is 0.499. The number of hydrogen-bond acceptors (Lipinski definition) is 2. The standard InChI is InChI=1S/C16H19NO3/c1-13-9-11-17(15-8-4-3-7-14(13)15)10-5-2-6-12-20-16(18)19/h3-4,7-9,11H,2,5-6,10,12H2,1H3/p+1. The zero-order chi connectivity index (χ0) is 14.4. The zero-order valence-corrected chi connectivity index (χ0v) is 11.7. The largest absolute Gasteiger partial charge is 0.505 e. The van der Waals surface area contributed by atoms with Gasteiger partial charge in [-0.25, -0.2) is 4.79 Å². The zero-order valence-electron chi connectivity index (χ0n) is 11.7. The van der Waals surface area contributed by atoms with Crippen LogP contribution in [0.3, 0.4) is 0 Å². The lowest BCUT2D eigenvalue weighted by Gasteiger charge is -2.04. The van der Waals surface area contributed by atoms with Gasteiger partial charge >= 0.3 is 6.16 Å². The summed E-state index contributed by atoms with van der Waals surface area (Å²) in [6.45, 7) is 3.35. The number of unbranched alkanes of at least 4 members (excludes halogenated alkanes) is 2. The molecule has 0 aliphatic heterocycles. The summed E-state index contributed by atoms with van der Waals surface area (Å²) in [5.74, 6) is 0. The topological polar surface area (TPSA) is 50.4 Å². The molecule has 1 aromatic carbocycles. The van der Waals surface area contributed by atoms with E-state index < -0.39 is 6.16 Å². The highest BCUT2D eigenvalue weighted by Crippen LogP contribution is 2.14. The van der Waals surface area contributed by atoms with Gasteiger partial charge in [0.15, 0.2) is 6.20 Å². The first-order valence-corrected chi connectivity index (χ1v) is 6.92. The maximum Gasteiger partial charge on any atom is 0.505 e. The van der Waals surface area contributed by atoms with Gasteiger partial charge in [-0.2, -0.15) is 4.57 Å². The summed E-state index contributed by atoms with van der Waals surface area (Å²) in [7, 11) is 0. The first-order chi connectivity index (χ1) is 9.68. The number of para-hydroxylation sites is 1. The van der Waals surface area contributed by atoms with Crippen LogP contribution in [0.4, 0.5) is 4.79 Å². The molecule has 2 rings (SSSR count). The minimum absolute atomic E-state index is 0.286. The molecule has 1 N–H and O–H groups in total. The first-order valence-electron chi connectivity index (χ1n) is 6.92. The molecule has 0 spiro atoms. The van der Waals surface area contributed by atoms with Crippen molar-refractivity contribution in [2.45, 2.75) is 32.7 Å². The molecule has 0 radical (unpaired) electrons. The van der Waals surface area contributed by atoms with E-state index in [9.17, 15) is 4.79 Å². The van der Waals surface area contributed by atoms with E-state index in [2.05, 4.69) is 52.8 Å². The Morgan fingerprint density at radius 3 is 2.80 bits per heavy atom. The molecule has 0 aliphatic carbocycles. The van der Waals surface area contributed by atoms with Crippen molar-refractivity contribution in [1.82, 2.24) is 0 Å². The lowest BCUT2D eigenvalue weighted by molar-refractivity contribution is -0.671. The number of fused-ring (bicyclic) bond motifs is 1. The number of carbonyl (C=O) groups is 1. The number of nitrogens with zero attached hydrogens (tertiary/aromatic N) is 1. The highest BCUT2D eigenvalue weighted by molar-refractivity contribution is 5.78. The molecule has 20 heavy (non-hydrogen) atoms. The SMILES string of the molecule is Cc1cc[n+](CCCCCOC(=O)O)c2ccccc12. The van der Waals surface area contributed by atoms with Gasteiger partial charge in [0.05, 0.1) is 6.61 Å². The van der Waals surface area contributed by atoms with Crippen LogP contribution >= 0.6 is 0 Å². The Labute approximate surface area is 118 Å². The molecular weight excluding hydrogens is 254 g/mol. The lowest BCUT2D eigenvalue weighted by atomic mass is 10.1. The van der Waals surface area contributed by atoms with E-state index in [0.29, 0.717) is 0 Å². The van der Waals surface area contributed by atoms with E-state index >= 15 is 0 Å². The van der Waals surface area contributed by atoms with E-state index in [1.165, 1.54) is 16.5 Å². The van der Waals surface area contributed by atoms with Crippen LogP contribution in [0.1, 0.15) is 24.8 Å². The van der Waals surface area contributed by atoms with Crippen LogP contribution in [0, 0.1) is 6.92 Å². The van der Waals surface area contributed by atoms with Gasteiger partial charge in [0.2, 0.25) is 5.52 Å². The molecule has 0 fully saturated rings. The molecule has 0 amide bonds. The van der Waals surface area contributed by atoms with Gasteiger partial charge in [-0.1, -0.05) is 12.1 Å². The molecule has 1 heterocycles. The van der Waals surface area contributed by atoms with Crippen LogP contribution in [0.25, 0.3) is 10.9 Å². The molecule has 0 bridgehead atoms. The molecule has 0 aliphatic rings. The molecule has 106 valence electrons. The number of hydrogen-bond donors (Lipinski definition) is 1. The number of aromatic nitrogens is 1. The van der Waals surface area contributed by atoms with Gasteiger partial charge in [-0.15, -0.1) is 0 Å². The first kappa shape index (κ1) is 14.3. The summed E-state index contributed by atoms with van der Waals surface area (Å²) in [6, 6.07) is 10.5. The second kappa shape index (κ2) is 6.89. The fourth-order valence-electron chi connectivity index (χ4n) is 2.34. The van der Waals surface area contributed by atoms with Gasteiger partial charge in [-0.3, -0.25) is 0 Å². The highest BCUT2D eigenvalue weighted by atomic mass is 16.7. The minimum Gasteiger partial charge on any atom is -0.450 e.